The van der Waals surface area contributed by atoms with E-state index in [0.717, 1.165) is 12.2 Å². The average molecular weight is 283 g/mol. The SMILES string of the molecule is CCC(NC(C)c1ccc(C)cc1)c1ccccc1OC. The van der Waals surface area contributed by atoms with Gasteiger partial charge in [-0.05, 0) is 31.9 Å². The van der Waals surface area contributed by atoms with E-state index in [0.29, 0.717) is 6.04 Å². The largest absolute Gasteiger partial charge is 0.496 e. The molecule has 0 saturated carbocycles. The summed E-state index contributed by atoms with van der Waals surface area (Å²) >= 11 is 0. The predicted molar refractivity (Wildman–Crippen MR) is 88.8 cm³/mol. The molecule has 2 nitrogen and oxygen atoms in total. The van der Waals surface area contributed by atoms with Crippen LogP contribution in [0.2, 0.25) is 0 Å². The first-order valence-electron chi connectivity index (χ1n) is 7.61. The smallest absolute Gasteiger partial charge is 0.123 e. The maximum absolute atomic E-state index is 5.49. The molecule has 2 unspecified atom stereocenters. The van der Waals surface area contributed by atoms with Gasteiger partial charge < -0.3 is 10.1 Å². The molecule has 21 heavy (non-hydrogen) atoms. The summed E-state index contributed by atoms with van der Waals surface area (Å²) in [5.41, 5.74) is 3.83. The Balaban J connectivity index is 2.16. The Morgan fingerprint density at radius 3 is 2.33 bits per heavy atom. The first-order valence-corrected chi connectivity index (χ1v) is 7.61. The van der Waals surface area contributed by atoms with Gasteiger partial charge in [-0.25, -0.2) is 0 Å². The van der Waals surface area contributed by atoms with Crippen LogP contribution in [0.3, 0.4) is 0 Å². The highest BCUT2D eigenvalue weighted by molar-refractivity contribution is 5.36. The quantitative estimate of drug-likeness (QED) is 0.821. The summed E-state index contributed by atoms with van der Waals surface area (Å²) in [6.07, 6.45) is 1.02. The zero-order valence-corrected chi connectivity index (χ0v) is 13.4. The maximum Gasteiger partial charge on any atom is 0.123 e. The van der Waals surface area contributed by atoms with Gasteiger partial charge in [-0.15, -0.1) is 0 Å². The molecule has 0 aliphatic carbocycles. The third-order valence-electron chi connectivity index (χ3n) is 3.95. The number of benzene rings is 2. The van der Waals surface area contributed by atoms with Crippen LogP contribution >= 0.6 is 0 Å². The van der Waals surface area contributed by atoms with Gasteiger partial charge >= 0.3 is 0 Å². The number of hydrogen-bond donors (Lipinski definition) is 1. The molecule has 2 aromatic carbocycles. The molecule has 0 heterocycles. The van der Waals surface area contributed by atoms with Gasteiger partial charge in [0.2, 0.25) is 0 Å². The molecule has 0 amide bonds. The topological polar surface area (TPSA) is 21.3 Å². The number of para-hydroxylation sites is 1. The number of nitrogens with one attached hydrogen (secondary N) is 1. The minimum absolute atomic E-state index is 0.289. The van der Waals surface area contributed by atoms with Crippen molar-refractivity contribution in [3.05, 3.63) is 65.2 Å². The number of hydrogen-bond acceptors (Lipinski definition) is 2. The molecule has 1 N–H and O–H groups in total. The molecule has 2 aromatic rings. The van der Waals surface area contributed by atoms with Crippen LogP contribution in [-0.4, -0.2) is 7.11 Å². The highest BCUT2D eigenvalue weighted by Gasteiger charge is 2.16. The summed E-state index contributed by atoms with van der Waals surface area (Å²) in [7, 11) is 1.73. The van der Waals surface area contributed by atoms with Gasteiger partial charge in [-0.2, -0.15) is 0 Å². The molecule has 0 aliphatic rings. The Morgan fingerprint density at radius 1 is 1.05 bits per heavy atom. The first-order chi connectivity index (χ1) is 10.2. The standard InChI is InChI=1S/C19H25NO/c1-5-18(17-8-6-7-9-19(17)21-4)20-15(3)16-12-10-14(2)11-13-16/h6-13,15,18,20H,5H2,1-4H3. The second-order valence-electron chi connectivity index (χ2n) is 5.50. The molecule has 0 radical (unpaired) electrons. The second kappa shape index (κ2) is 7.28. The fourth-order valence-electron chi connectivity index (χ4n) is 2.63. The van der Waals surface area contributed by atoms with Crippen LogP contribution in [0.1, 0.15) is 49.0 Å². The van der Waals surface area contributed by atoms with E-state index < -0.39 is 0 Å². The molecular formula is C19H25NO. The van der Waals surface area contributed by atoms with Gasteiger partial charge in [0.05, 0.1) is 7.11 Å². The summed E-state index contributed by atoms with van der Waals surface area (Å²) in [4.78, 5) is 0. The molecule has 2 rings (SSSR count). The fourth-order valence-corrected chi connectivity index (χ4v) is 2.63. The molecule has 112 valence electrons. The third-order valence-corrected chi connectivity index (χ3v) is 3.95. The lowest BCUT2D eigenvalue weighted by Gasteiger charge is -2.24. The van der Waals surface area contributed by atoms with E-state index >= 15 is 0 Å². The van der Waals surface area contributed by atoms with E-state index in [-0.39, 0.29) is 6.04 Å². The Morgan fingerprint density at radius 2 is 1.71 bits per heavy atom. The van der Waals surface area contributed by atoms with E-state index in [1.807, 2.05) is 12.1 Å². The highest BCUT2D eigenvalue weighted by Crippen LogP contribution is 2.29. The molecule has 0 fully saturated rings. The summed E-state index contributed by atoms with van der Waals surface area (Å²) in [6, 6.07) is 17.6. The Kier molecular flexibility index (Phi) is 5.40. The van der Waals surface area contributed by atoms with Crippen molar-refractivity contribution < 1.29 is 4.74 Å². The van der Waals surface area contributed by atoms with E-state index in [9.17, 15) is 0 Å². The summed E-state index contributed by atoms with van der Waals surface area (Å²) in [5.74, 6) is 0.952. The Bertz CT molecular complexity index is 562. The zero-order valence-electron chi connectivity index (χ0n) is 13.4. The van der Waals surface area contributed by atoms with E-state index in [1.54, 1.807) is 7.11 Å². The molecule has 0 bridgehead atoms. The van der Waals surface area contributed by atoms with Crippen molar-refractivity contribution in [3.63, 3.8) is 0 Å². The van der Waals surface area contributed by atoms with Crippen molar-refractivity contribution in [2.24, 2.45) is 0 Å². The van der Waals surface area contributed by atoms with E-state index in [4.69, 9.17) is 4.74 Å². The summed E-state index contributed by atoms with van der Waals surface area (Å²) < 4.78 is 5.49. The zero-order chi connectivity index (χ0) is 15.2. The van der Waals surface area contributed by atoms with Crippen LogP contribution in [0.4, 0.5) is 0 Å². The molecule has 0 aliphatic heterocycles. The molecule has 0 saturated heterocycles. The van der Waals surface area contributed by atoms with Crippen LogP contribution < -0.4 is 10.1 Å². The molecule has 2 atom stereocenters. The lowest BCUT2D eigenvalue weighted by molar-refractivity contribution is 0.388. The maximum atomic E-state index is 5.49. The Labute approximate surface area is 128 Å². The fraction of sp³-hybridized carbons (Fsp3) is 0.368. The minimum Gasteiger partial charge on any atom is -0.496 e. The van der Waals surface area contributed by atoms with Crippen molar-refractivity contribution in [3.8, 4) is 5.75 Å². The van der Waals surface area contributed by atoms with Crippen molar-refractivity contribution in [2.75, 3.05) is 7.11 Å². The van der Waals surface area contributed by atoms with Crippen LogP contribution in [-0.2, 0) is 0 Å². The number of methoxy groups -OCH3 is 1. The summed E-state index contributed by atoms with van der Waals surface area (Å²) in [5, 5.41) is 3.71. The van der Waals surface area contributed by atoms with Gasteiger partial charge in [0.25, 0.3) is 0 Å². The lowest BCUT2D eigenvalue weighted by atomic mass is 10.00. The van der Waals surface area contributed by atoms with Gasteiger partial charge in [-0.3, -0.25) is 0 Å². The monoisotopic (exact) mass is 283 g/mol. The first kappa shape index (κ1) is 15.6. The van der Waals surface area contributed by atoms with Crippen LogP contribution in [0.5, 0.6) is 5.75 Å². The predicted octanol–water partition coefficient (Wildman–Crippen LogP) is 4.81. The van der Waals surface area contributed by atoms with Crippen molar-refractivity contribution in [1.82, 2.24) is 5.32 Å². The van der Waals surface area contributed by atoms with Gasteiger partial charge in [0.15, 0.2) is 0 Å². The van der Waals surface area contributed by atoms with Crippen molar-refractivity contribution in [1.29, 1.82) is 0 Å². The molecule has 0 aromatic heterocycles. The van der Waals surface area contributed by atoms with Crippen LogP contribution in [0.15, 0.2) is 48.5 Å². The lowest BCUT2D eigenvalue weighted by Crippen LogP contribution is -2.24. The van der Waals surface area contributed by atoms with Gasteiger partial charge in [0.1, 0.15) is 5.75 Å². The minimum atomic E-state index is 0.289. The van der Waals surface area contributed by atoms with Gasteiger partial charge in [-0.1, -0.05) is 55.0 Å². The number of ether oxygens (including phenoxy) is 1. The van der Waals surface area contributed by atoms with E-state index in [1.165, 1.54) is 16.7 Å². The van der Waals surface area contributed by atoms with Crippen LogP contribution in [0.25, 0.3) is 0 Å². The normalized spacial score (nSPS) is 13.7. The van der Waals surface area contributed by atoms with Crippen molar-refractivity contribution >= 4 is 0 Å². The molecule has 0 spiro atoms. The Hall–Kier alpha value is -1.80. The second-order valence-corrected chi connectivity index (χ2v) is 5.50. The van der Waals surface area contributed by atoms with Gasteiger partial charge in [0, 0.05) is 17.6 Å². The number of aryl methyl sites for hydroxylation is 1. The molecule has 2 heteroatoms. The van der Waals surface area contributed by atoms with Crippen molar-refractivity contribution in [2.45, 2.75) is 39.3 Å². The third kappa shape index (κ3) is 3.85. The van der Waals surface area contributed by atoms with Crippen LogP contribution in [0, 0.1) is 6.92 Å². The van der Waals surface area contributed by atoms with E-state index in [2.05, 4.69) is 62.5 Å². The average Bonchev–Trinajstić information content (AvgIpc) is 2.53. The summed E-state index contributed by atoms with van der Waals surface area (Å²) in [6.45, 7) is 6.53. The highest BCUT2D eigenvalue weighted by atomic mass is 16.5. The number of rotatable bonds is 6. The molecular weight excluding hydrogens is 258 g/mol.